The average Bonchev–Trinajstić information content (AvgIpc) is 3.30. The SMILES string of the molecule is CCN1C(=O)C(NC(=O)c2cccc(C(F)(F)F)c2)C(c2cccc(NC#N)c2)c2c(C)nn(-c3ccccc3)c21. The Hall–Kier alpha value is -5.11. The third kappa shape index (κ3) is 5.12. The standard InChI is InChI=1S/C30H25F3N6O2/c1-3-38-28-24(18(2)37-39(28)23-13-5-4-6-14-23)25(19-9-8-12-22(16-19)35-17-34)26(29(38)41)36-27(40)20-10-7-11-21(15-20)30(31,32)33/h4-16,25-26,35H,3H2,1-2H3,(H,36,40). The minimum Gasteiger partial charge on any atom is -0.339 e. The van der Waals surface area contributed by atoms with Gasteiger partial charge in [0.1, 0.15) is 11.9 Å². The molecule has 2 N–H and O–H groups in total. The highest BCUT2D eigenvalue weighted by atomic mass is 19.4. The summed E-state index contributed by atoms with van der Waals surface area (Å²) in [7, 11) is 0. The second-order valence-electron chi connectivity index (χ2n) is 9.52. The van der Waals surface area contributed by atoms with Crippen LogP contribution in [0.3, 0.4) is 0 Å². The lowest BCUT2D eigenvalue weighted by Gasteiger charge is -2.38. The Balaban J connectivity index is 1.67. The fourth-order valence-electron chi connectivity index (χ4n) is 5.23. The summed E-state index contributed by atoms with van der Waals surface area (Å²) in [6.45, 7) is 3.85. The first-order chi connectivity index (χ1) is 19.6. The smallest absolute Gasteiger partial charge is 0.339 e. The van der Waals surface area contributed by atoms with Crippen LogP contribution in [-0.4, -0.2) is 34.2 Å². The molecule has 2 amide bonds. The number of likely N-dealkylation sites (N-methyl/N-ethyl adjacent to an activating group) is 1. The normalized spacial score (nSPS) is 16.6. The number of aromatic nitrogens is 2. The molecular weight excluding hydrogens is 533 g/mol. The number of nitrogens with one attached hydrogen (secondary N) is 2. The number of carbonyl (C=O) groups excluding carboxylic acids is 2. The maximum absolute atomic E-state index is 14.1. The summed E-state index contributed by atoms with van der Waals surface area (Å²) in [4.78, 5) is 29.0. The van der Waals surface area contributed by atoms with Gasteiger partial charge in [-0.05, 0) is 61.9 Å². The molecule has 0 spiro atoms. The molecule has 0 radical (unpaired) electrons. The van der Waals surface area contributed by atoms with E-state index in [1.54, 1.807) is 42.8 Å². The van der Waals surface area contributed by atoms with E-state index in [1.165, 1.54) is 11.0 Å². The zero-order chi connectivity index (χ0) is 29.3. The number of hydrogen-bond donors (Lipinski definition) is 2. The van der Waals surface area contributed by atoms with E-state index in [4.69, 9.17) is 10.4 Å². The minimum absolute atomic E-state index is 0.225. The van der Waals surface area contributed by atoms with Crippen LogP contribution in [-0.2, 0) is 11.0 Å². The molecule has 2 heterocycles. The van der Waals surface area contributed by atoms with E-state index in [0.29, 0.717) is 28.3 Å². The van der Waals surface area contributed by atoms with Gasteiger partial charge in [-0.2, -0.15) is 23.5 Å². The lowest BCUT2D eigenvalue weighted by atomic mass is 9.81. The van der Waals surface area contributed by atoms with Crippen molar-refractivity contribution in [2.24, 2.45) is 0 Å². The van der Waals surface area contributed by atoms with E-state index in [2.05, 4.69) is 10.6 Å². The largest absolute Gasteiger partial charge is 0.416 e. The Morgan fingerprint density at radius 1 is 1.05 bits per heavy atom. The highest BCUT2D eigenvalue weighted by Crippen LogP contribution is 2.44. The molecule has 2 unspecified atom stereocenters. The number of rotatable bonds is 6. The Morgan fingerprint density at radius 3 is 2.46 bits per heavy atom. The van der Waals surface area contributed by atoms with Crippen LogP contribution in [0, 0.1) is 18.4 Å². The van der Waals surface area contributed by atoms with Gasteiger partial charge in [0.05, 0.1) is 16.9 Å². The molecule has 41 heavy (non-hydrogen) atoms. The highest BCUT2D eigenvalue weighted by molar-refractivity contribution is 6.05. The fourth-order valence-corrected chi connectivity index (χ4v) is 5.23. The first kappa shape index (κ1) is 27.5. The number of carbonyl (C=O) groups is 2. The Labute approximate surface area is 234 Å². The summed E-state index contributed by atoms with van der Waals surface area (Å²) in [5.41, 5.74) is 1.92. The maximum Gasteiger partial charge on any atom is 0.416 e. The minimum atomic E-state index is -4.63. The predicted molar refractivity (Wildman–Crippen MR) is 147 cm³/mol. The second kappa shape index (κ2) is 10.8. The fraction of sp³-hybridized carbons (Fsp3) is 0.200. The lowest BCUT2D eigenvalue weighted by molar-refractivity contribution is -0.137. The van der Waals surface area contributed by atoms with Crippen molar-refractivity contribution >= 4 is 23.3 Å². The number of halogens is 3. The number of para-hydroxylation sites is 1. The van der Waals surface area contributed by atoms with Crippen LogP contribution >= 0.6 is 0 Å². The van der Waals surface area contributed by atoms with Crippen LogP contribution < -0.4 is 15.5 Å². The number of nitrogens with zero attached hydrogens (tertiary/aromatic N) is 4. The quantitative estimate of drug-likeness (QED) is 0.244. The summed E-state index contributed by atoms with van der Waals surface area (Å²) < 4.78 is 41.7. The molecule has 1 aromatic heterocycles. The Morgan fingerprint density at radius 2 is 1.78 bits per heavy atom. The van der Waals surface area contributed by atoms with Crippen molar-refractivity contribution in [2.75, 3.05) is 16.8 Å². The van der Waals surface area contributed by atoms with Gasteiger partial charge >= 0.3 is 6.18 Å². The van der Waals surface area contributed by atoms with Gasteiger partial charge in [0.2, 0.25) is 0 Å². The van der Waals surface area contributed by atoms with Crippen molar-refractivity contribution < 1.29 is 22.8 Å². The van der Waals surface area contributed by atoms with Crippen LogP contribution in [0.15, 0.2) is 78.9 Å². The van der Waals surface area contributed by atoms with Gasteiger partial charge in [0.25, 0.3) is 11.8 Å². The molecule has 5 rings (SSSR count). The van der Waals surface area contributed by atoms with Gasteiger partial charge < -0.3 is 5.32 Å². The van der Waals surface area contributed by atoms with E-state index >= 15 is 0 Å². The molecule has 4 aromatic rings. The zero-order valence-corrected chi connectivity index (χ0v) is 22.1. The predicted octanol–water partition coefficient (Wildman–Crippen LogP) is 5.39. The van der Waals surface area contributed by atoms with Crippen molar-refractivity contribution in [1.82, 2.24) is 15.1 Å². The molecule has 0 bridgehead atoms. The van der Waals surface area contributed by atoms with Crippen LogP contribution in [0.2, 0.25) is 0 Å². The van der Waals surface area contributed by atoms with Gasteiger partial charge in [0.15, 0.2) is 6.19 Å². The first-order valence-corrected chi connectivity index (χ1v) is 12.8. The van der Waals surface area contributed by atoms with E-state index in [9.17, 15) is 22.8 Å². The number of fused-ring (bicyclic) bond motifs is 1. The lowest BCUT2D eigenvalue weighted by Crippen LogP contribution is -2.55. The average molecular weight is 559 g/mol. The molecule has 1 aliphatic heterocycles. The van der Waals surface area contributed by atoms with E-state index < -0.39 is 35.5 Å². The third-order valence-corrected chi connectivity index (χ3v) is 7.02. The maximum atomic E-state index is 14.1. The number of hydrogen-bond acceptors (Lipinski definition) is 5. The molecule has 0 saturated carbocycles. The van der Waals surface area contributed by atoms with Crippen LogP contribution in [0.1, 0.15) is 45.6 Å². The topological polar surface area (TPSA) is 103 Å². The summed E-state index contributed by atoms with van der Waals surface area (Å²) in [6.07, 6.45) is -2.76. The van der Waals surface area contributed by atoms with Crippen LogP contribution in [0.4, 0.5) is 24.7 Å². The van der Waals surface area contributed by atoms with Gasteiger partial charge in [-0.3, -0.25) is 19.8 Å². The Kier molecular flexibility index (Phi) is 7.24. The third-order valence-electron chi connectivity index (χ3n) is 7.02. The molecule has 2 atom stereocenters. The van der Waals surface area contributed by atoms with Gasteiger partial charge in [-0.15, -0.1) is 0 Å². The summed E-state index contributed by atoms with van der Waals surface area (Å²) in [5, 5.41) is 19.2. The number of nitriles is 1. The molecule has 8 nitrogen and oxygen atoms in total. The van der Waals surface area contributed by atoms with E-state index in [1.807, 2.05) is 36.5 Å². The van der Waals surface area contributed by atoms with Crippen LogP contribution in [0.25, 0.3) is 5.69 Å². The summed E-state index contributed by atoms with van der Waals surface area (Å²) in [5.74, 6) is -1.48. The number of amides is 2. The van der Waals surface area contributed by atoms with Crippen molar-refractivity contribution in [3.63, 3.8) is 0 Å². The summed E-state index contributed by atoms with van der Waals surface area (Å²) in [6, 6.07) is 19.1. The van der Waals surface area contributed by atoms with Gasteiger partial charge in [-0.1, -0.05) is 36.4 Å². The van der Waals surface area contributed by atoms with Gasteiger partial charge in [-0.25, -0.2) is 4.68 Å². The van der Waals surface area contributed by atoms with Crippen molar-refractivity contribution in [3.8, 4) is 11.9 Å². The number of alkyl halides is 3. The highest BCUT2D eigenvalue weighted by Gasteiger charge is 2.45. The number of benzene rings is 3. The molecule has 11 heteroatoms. The summed E-state index contributed by atoms with van der Waals surface area (Å²) >= 11 is 0. The van der Waals surface area contributed by atoms with E-state index in [0.717, 1.165) is 23.9 Å². The first-order valence-electron chi connectivity index (χ1n) is 12.8. The molecule has 1 aliphatic rings. The molecule has 0 aliphatic carbocycles. The van der Waals surface area contributed by atoms with Crippen molar-refractivity contribution in [3.05, 3.63) is 107 Å². The second-order valence-corrected chi connectivity index (χ2v) is 9.52. The molecule has 0 fully saturated rings. The number of aryl methyl sites for hydroxylation is 1. The zero-order valence-electron chi connectivity index (χ0n) is 22.1. The van der Waals surface area contributed by atoms with Gasteiger partial charge in [0, 0.05) is 29.3 Å². The Bertz CT molecular complexity index is 1660. The molecular formula is C30H25F3N6O2. The van der Waals surface area contributed by atoms with Crippen molar-refractivity contribution in [1.29, 1.82) is 5.26 Å². The van der Waals surface area contributed by atoms with E-state index in [-0.39, 0.29) is 12.1 Å². The monoisotopic (exact) mass is 558 g/mol. The molecule has 208 valence electrons. The number of anilines is 2. The molecule has 3 aromatic carbocycles. The molecule has 0 saturated heterocycles. The van der Waals surface area contributed by atoms with Crippen molar-refractivity contribution in [2.45, 2.75) is 32.0 Å². The van der Waals surface area contributed by atoms with Crippen LogP contribution in [0.5, 0.6) is 0 Å².